The zero-order chi connectivity index (χ0) is 13.6. The number of nitrogens with two attached hydrogens (primary N) is 2. The summed E-state index contributed by atoms with van der Waals surface area (Å²) in [6.45, 7) is 1.19. The van der Waals surface area contributed by atoms with E-state index in [9.17, 15) is 8.42 Å². The Morgan fingerprint density at radius 1 is 0.944 bits per heavy atom. The Bertz CT molecular complexity index is 604. The first-order chi connectivity index (χ1) is 8.50. The molecule has 0 bridgehead atoms. The third-order valence-electron chi connectivity index (χ3n) is 2.19. The minimum atomic E-state index is -4.13. The standard InChI is InChI=1S/C10H8O3S.C2H8N2/c11-14(12,13)10-7-3-5-8-4-1-2-6-9(8)10;3-1-2-4/h1-7H,(H,11,12,13);1-4H2. The van der Waals surface area contributed by atoms with Crippen molar-refractivity contribution in [3.8, 4) is 0 Å². The molecule has 0 aromatic heterocycles. The fourth-order valence-electron chi connectivity index (χ4n) is 1.42. The lowest BCUT2D eigenvalue weighted by atomic mass is 10.1. The molecule has 0 unspecified atom stereocenters. The summed E-state index contributed by atoms with van der Waals surface area (Å²) in [6, 6.07) is 11.8. The number of hydrogen-bond acceptors (Lipinski definition) is 4. The number of fused-ring (bicyclic) bond motifs is 1. The average molecular weight is 268 g/mol. The van der Waals surface area contributed by atoms with Gasteiger partial charge in [-0.3, -0.25) is 4.55 Å². The summed E-state index contributed by atoms with van der Waals surface area (Å²) >= 11 is 0. The summed E-state index contributed by atoms with van der Waals surface area (Å²) in [6.07, 6.45) is 0. The molecule has 0 spiro atoms. The van der Waals surface area contributed by atoms with E-state index in [-0.39, 0.29) is 4.90 Å². The molecule has 0 atom stereocenters. The maximum absolute atomic E-state index is 11.0. The summed E-state index contributed by atoms with van der Waals surface area (Å²) in [5.74, 6) is 0. The van der Waals surface area contributed by atoms with E-state index in [0.717, 1.165) is 5.39 Å². The Balaban J connectivity index is 0.000000357. The molecule has 6 heteroatoms. The van der Waals surface area contributed by atoms with Crippen LogP contribution in [0.3, 0.4) is 0 Å². The summed E-state index contributed by atoms with van der Waals surface area (Å²) in [5, 5.41) is 1.33. The van der Waals surface area contributed by atoms with E-state index >= 15 is 0 Å². The lowest BCUT2D eigenvalue weighted by Crippen LogP contribution is -2.11. The number of benzene rings is 2. The molecule has 0 saturated heterocycles. The largest absolute Gasteiger partial charge is 0.329 e. The smallest absolute Gasteiger partial charge is 0.295 e. The molecule has 98 valence electrons. The Labute approximate surface area is 106 Å². The molecular weight excluding hydrogens is 252 g/mol. The minimum absolute atomic E-state index is 0.0457. The van der Waals surface area contributed by atoms with Gasteiger partial charge < -0.3 is 11.5 Å². The molecule has 0 saturated carbocycles. The topological polar surface area (TPSA) is 106 Å². The molecule has 0 amide bonds. The van der Waals surface area contributed by atoms with Gasteiger partial charge in [0.1, 0.15) is 4.90 Å². The second-order valence-corrected chi connectivity index (χ2v) is 4.92. The van der Waals surface area contributed by atoms with Crippen LogP contribution in [0.1, 0.15) is 0 Å². The first-order valence-electron chi connectivity index (χ1n) is 5.36. The molecule has 0 aliphatic rings. The minimum Gasteiger partial charge on any atom is -0.329 e. The third-order valence-corrected chi connectivity index (χ3v) is 3.11. The molecule has 5 N–H and O–H groups in total. The van der Waals surface area contributed by atoms with Crippen molar-refractivity contribution in [1.82, 2.24) is 0 Å². The van der Waals surface area contributed by atoms with E-state index in [4.69, 9.17) is 16.0 Å². The Kier molecular flexibility index (Phi) is 5.24. The number of hydrogen-bond donors (Lipinski definition) is 3. The average Bonchev–Trinajstić information content (AvgIpc) is 2.37. The van der Waals surface area contributed by atoms with Crippen LogP contribution in [0, 0.1) is 0 Å². The zero-order valence-corrected chi connectivity index (χ0v) is 10.6. The van der Waals surface area contributed by atoms with Crippen LogP contribution in [0.15, 0.2) is 47.4 Å². The van der Waals surface area contributed by atoms with E-state index in [1.54, 1.807) is 30.3 Å². The molecule has 2 aromatic carbocycles. The lowest BCUT2D eigenvalue weighted by Gasteiger charge is -2.02. The van der Waals surface area contributed by atoms with E-state index in [2.05, 4.69) is 0 Å². The predicted octanol–water partition coefficient (Wildman–Crippen LogP) is 0.990. The SMILES string of the molecule is NCCN.O=S(=O)(O)c1cccc2ccccc12. The molecule has 5 nitrogen and oxygen atoms in total. The van der Waals surface area contributed by atoms with Crippen molar-refractivity contribution < 1.29 is 13.0 Å². The molecule has 2 rings (SSSR count). The van der Waals surface area contributed by atoms with Gasteiger partial charge in [0.15, 0.2) is 0 Å². The third kappa shape index (κ3) is 3.78. The van der Waals surface area contributed by atoms with Crippen molar-refractivity contribution >= 4 is 20.9 Å². The monoisotopic (exact) mass is 268 g/mol. The normalized spacial score (nSPS) is 10.8. The molecule has 0 radical (unpaired) electrons. The van der Waals surface area contributed by atoms with Crippen molar-refractivity contribution in [1.29, 1.82) is 0 Å². The van der Waals surface area contributed by atoms with Crippen LogP contribution < -0.4 is 11.5 Å². The van der Waals surface area contributed by atoms with Crippen LogP contribution in [0.5, 0.6) is 0 Å². The van der Waals surface area contributed by atoms with Gasteiger partial charge in [0.25, 0.3) is 10.1 Å². The highest BCUT2D eigenvalue weighted by molar-refractivity contribution is 7.86. The molecule has 0 aliphatic heterocycles. The first kappa shape index (κ1) is 14.6. The maximum Gasteiger partial charge on any atom is 0.295 e. The van der Waals surface area contributed by atoms with Crippen LogP contribution in [-0.4, -0.2) is 26.1 Å². The van der Waals surface area contributed by atoms with Crippen LogP contribution in [-0.2, 0) is 10.1 Å². The van der Waals surface area contributed by atoms with Gasteiger partial charge in [-0.25, -0.2) is 0 Å². The summed E-state index contributed by atoms with van der Waals surface area (Å²) in [4.78, 5) is -0.0457. The highest BCUT2D eigenvalue weighted by Gasteiger charge is 2.12. The van der Waals surface area contributed by atoms with Gasteiger partial charge in [0.05, 0.1) is 0 Å². The van der Waals surface area contributed by atoms with Gasteiger partial charge >= 0.3 is 0 Å². The van der Waals surface area contributed by atoms with Crippen LogP contribution in [0.4, 0.5) is 0 Å². The van der Waals surface area contributed by atoms with Crippen molar-refractivity contribution in [3.05, 3.63) is 42.5 Å². The van der Waals surface area contributed by atoms with E-state index in [0.29, 0.717) is 18.5 Å². The summed E-state index contributed by atoms with van der Waals surface area (Å²) in [7, 11) is -4.13. The lowest BCUT2D eigenvalue weighted by molar-refractivity contribution is 0.484. The maximum atomic E-state index is 11.0. The van der Waals surface area contributed by atoms with Crippen LogP contribution in [0.2, 0.25) is 0 Å². The molecule has 18 heavy (non-hydrogen) atoms. The van der Waals surface area contributed by atoms with Gasteiger partial charge in [-0.05, 0) is 11.5 Å². The van der Waals surface area contributed by atoms with Crippen LogP contribution in [0.25, 0.3) is 10.8 Å². The summed E-state index contributed by atoms with van der Waals surface area (Å²) in [5.41, 5.74) is 9.81. The molecule has 2 aromatic rings. The molecule has 0 aliphatic carbocycles. The van der Waals surface area contributed by atoms with Gasteiger partial charge in [0.2, 0.25) is 0 Å². The number of rotatable bonds is 2. The fourth-order valence-corrected chi connectivity index (χ4v) is 2.13. The Morgan fingerprint density at radius 3 is 2.06 bits per heavy atom. The van der Waals surface area contributed by atoms with Gasteiger partial charge in [-0.2, -0.15) is 8.42 Å². The van der Waals surface area contributed by atoms with Gasteiger partial charge in [0, 0.05) is 18.5 Å². The Morgan fingerprint density at radius 2 is 1.50 bits per heavy atom. The van der Waals surface area contributed by atoms with E-state index in [1.807, 2.05) is 6.07 Å². The van der Waals surface area contributed by atoms with Crippen molar-refractivity contribution in [3.63, 3.8) is 0 Å². The first-order valence-corrected chi connectivity index (χ1v) is 6.80. The predicted molar refractivity (Wildman–Crippen MR) is 71.9 cm³/mol. The highest BCUT2D eigenvalue weighted by atomic mass is 32.2. The van der Waals surface area contributed by atoms with E-state index < -0.39 is 10.1 Å². The fraction of sp³-hybridized carbons (Fsp3) is 0.167. The molecule has 0 fully saturated rings. The van der Waals surface area contributed by atoms with Crippen LogP contribution >= 0.6 is 0 Å². The van der Waals surface area contributed by atoms with Crippen molar-refractivity contribution in [2.45, 2.75) is 4.90 Å². The Hall–Kier alpha value is -1.47. The van der Waals surface area contributed by atoms with E-state index in [1.165, 1.54) is 6.07 Å². The van der Waals surface area contributed by atoms with Gasteiger partial charge in [-0.15, -0.1) is 0 Å². The molecular formula is C12H16N2O3S. The second kappa shape index (κ2) is 6.46. The molecule has 0 heterocycles. The second-order valence-electron chi connectivity index (χ2n) is 3.53. The zero-order valence-electron chi connectivity index (χ0n) is 9.78. The quantitative estimate of drug-likeness (QED) is 0.704. The summed E-state index contributed by atoms with van der Waals surface area (Å²) < 4.78 is 31.0. The van der Waals surface area contributed by atoms with Gasteiger partial charge in [-0.1, -0.05) is 36.4 Å². The van der Waals surface area contributed by atoms with Crippen molar-refractivity contribution in [2.24, 2.45) is 11.5 Å². The highest BCUT2D eigenvalue weighted by Crippen LogP contribution is 2.21. The van der Waals surface area contributed by atoms with Crippen molar-refractivity contribution in [2.75, 3.05) is 13.1 Å².